The summed E-state index contributed by atoms with van der Waals surface area (Å²) < 4.78 is 40.2. The Hall–Kier alpha value is -3.21. The molecule has 4 aromatic rings. The Morgan fingerprint density at radius 2 is 2.20 bits per heavy atom. The lowest BCUT2D eigenvalue weighted by molar-refractivity contribution is -0.141. The Labute approximate surface area is 172 Å². The van der Waals surface area contributed by atoms with E-state index in [9.17, 15) is 18.0 Å². The minimum absolute atomic E-state index is 0.133. The largest absolute Gasteiger partial charge is 0.434 e. The molecule has 5 heterocycles. The van der Waals surface area contributed by atoms with E-state index in [0.717, 1.165) is 27.9 Å². The predicted octanol–water partition coefficient (Wildman–Crippen LogP) is 3.25. The molecule has 0 unspecified atom stereocenters. The van der Waals surface area contributed by atoms with Crippen LogP contribution < -0.4 is 0 Å². The number of thiazole rings is 1. The summed E-state index contributed by atoms with van der Waals surface area (Å²) in [5.74, 6) is -0.311. The smallest absolute Gasteiger partial charge is 0.348 e. The second-order valence-electron chi connectivity index (χ2n) is 6.95. The van der Waals surface area contributed by atoms with Crippen molar-refractivity contribution in [2.75, 3.05) is 6.54 Å². The number of hydrogen-bond donors (Lipinski definition) is 1. The van der Waals surface area contributed by atoms with Gasteiger partial charge in [0, 0.05) is 30.2 Å². The van der Waals surface area contributed by atoms with Crippen molar-refractivity contribution in [3.8, 4) is 0 Å². The normalized spacial score (nSPS) is 16.8. The van der Waals surface area contributed by atoms with Gasteiger partial charge >= 0.3 is 6.18 Å². The van der Waals surface area contributed by atoms with Crippen LogP contribution in [0.2, 0.25) is 0 Å². The summed E-state index contributed by atoms with van der Waals surface area (Å²) in [6.45, 7) is 0.407. The maximum absolute atomic E-state index is 13.1. The third kappa shape index (κ3) is 3.24. The molecule has 11 heteroatoms. The molecule has 0 radical (unpaired) electrons. The first kappa shape index (κ1) is 18.8. The summed E-state index contributed by atoms with van der Waals surface area (Å²) in [5, 5.41) is 5.67. The number of aromatic amines is 1. The molecular formula is C19H15F3N6OS. The number of nitrogens with one attached hydrogen (secondary N) is 1. The first-order chi connectivity index (χ1) is 14.4. The van der Waals surface area contributed by atoms with Gasteiger partial charge in [-0.15, -0.1) is 11.3 Å². The molecule has 0 bridgehead atoms. The van der Waals surface area contributed by atoms with Crippen LogP contribution in [0.3, 0.4) is 0 Å². The Bertz CT molecular complexity index is 1190. The Balaban J connectivity index is 1.48. The van der Waals surface area contributed by atoms with E-state index in [4.69, 9.17) is 0 Å². The van der Waals surface area contributed by atoms with E-state index in [2.05, 4.69) is 20.1 Å². The molecule has 0 aromatic carbocycles. The van der Waals surface area contributed by atoms with E-state index < -0.39 is 17.9 Å². The minimum Gasteiger partial charge on any atom is -0.348 e. The van der Waals surface area contributed by atoms with E-state index in [0.29, 0.717) is 24.4 Å². The highest BCUT2D eigenvalue weighted by atomic mass is 32.1. The lowest BCUT2D eigenvalue weighted by Gasteiger charge is -2.33. The summed E-state index contributed by atoms with van der Waals surface area (Å²) >= 11 is 0.837. The number of imidazole rings is 1. The maximum atomic E-state index is 13.1. The zero-order chi connectivity index (χ0) is 20.9. The van der Waals surface area contributed by atoms with Gasteiger partial charge < -0.3 is 9.88 Å². The molecule has 4 aromatic heterocycles. The van der Waals surface area contributed by atoms with Crippen LogP contribution in [0.1, 0.15) is 33.8 Å². The average Bonchev–Trinajstić information content (AvgIpc) is 3.44. The Kier molecular flexibility index (Phi) is 4.35. The molecule has 0 saturated carbocycles. The highest BCUT2D eigenvalue weighted by Gasteiger charge is 2.37. The number of aromatic nitrogens is 5. The van der Waals surface area contributed by atoms with Crippen LogP contribution in [0.15, 0.2) is 42.2 Å². The van der Waals surface area contributed by atoms with Crippen LogP contribution in [-0.4, -0.2) is 41.9 Å². The van der Waals surface area contributed by atoms with Crippen molar-refractivity contribution in [1.82, 2.24) is 29.5 Å². The highest BCUT2D eigenvalue weighted by molar-refractivity contribution is 7.09. The van der Waals surface area contributed by atoms with Crippen LogP contribution in [0.25, 0.3) is 5.52 Å². The fourth-order valence-electron chi connectivity index (χ4n) is 3.69. The van der Waals surface area contributed by atoms with E-state index in [-0.39, 0.29) is 17.3 Å². The maximum Gasteiger partial charge on any atom is 0.434 e. The zero-order valence-corrected chi connectivity index (χ0v) is 16.2. The molecule has 1 N–H and O–H groups in total. The van der Waals surface area contributed by atoms with E-state index in [1.54, 1.807) is 15.7 Å². The van der Waals surface area contributed by atoms with E-state index in [1.165, 1.54) is 0 Å². The summed E-state index contributed by atoms with van der Waals surface area (Å²) in [5.41, 5.74) is 2.18. The second kappa shape index (κ2) is 6.94. The molecule has 1 atom stereocenters. The van der Waals surface area contributed by atoms with Crippen molar-refractivity contribution in [3.05, 3.63) is 70.0 Å². The van der Waals surface area contributed by atoms with Gasteiger partial charge in [0.1, 0.15) is 11.0 Å². The molecule has 1 amide bonds. The molecule has 1 aliphatic rings. The number of nitrogens with zero attached hydrogens (tertiary/aromatic N) is 5. The molecule has 1 aliphatic heterocycles. The fraction of sp³-hybridized carbons (Fsp3) is 0.263. The van der Waals surface area contributed by atoms with Gasteiger partial charge in [-0.1, -0.05) is 6.07 Å². The zero-order valence-electron chi connectivity index (χ0n) is 15.4. The number of fused-ring (bicyclic) bond motifs is 2. The molecule has 5 rings (SSSR count). The number of carbonyl (C=O) groups is 1. The van der Waals surface area contributed by atoms with Gasteiger partial charge in [0.05, 0.1) is 29.7 Å². The molecule has 0 saturated heterocycles. The van der Waals surface area contributed by atoms with Crippen LogP contribution in [0.5, 0.6) is 0 Å². The van der Waals surface area contributed by atoms with Crippen molar-refractivity contribution >= 4 is 22.8 Å². The lowest BCUT2D eigenvalue weighted by atomic mass is 9.99. The van der Waals surface area contributed by atoms with Crippen molar-refractivity contribution in [1.29, 1.82) is 0 Å². The SMILES string of the molecule is O=C(Cc1nc(C(F)(F)F)cs1)N1CCc2[nH]cnc2[C@@H]1c1cc2ccccn2n1. The standard InChI is InChI=1S/C19H15F3N6OS/c20-19(21,22)14-9-30-15(25-14)8-16(29)27-6-4-12-17(24-10-23-12)18(27)13-7-11-3-1-2-5-28(11)26-13/h1-3,5,7,9-10,18H,4,6,8H2,(H,23,24)/t18-/m0/s1. The Morgan fingerprint density at radius 1 is 1.33 bits per heavy atom. The number of hydrogen-bond acceptors (Lipinski definition) is 5. The third-order valence-electron chi connectivity index (χ3n) is 5.06. The predicted molar refractivity (Wildman–Crippen MR) is 102 cm³/mol. The summed E-state index contributed by atoms with van der Waals surface area (Å²) in [6, 6.07) is 7.03. The molecule has 7 nitrogen and oxygen atoms in total. The Morgan fingerprint density at radius 3 is 2.97 bits per heavy atom. The number of amides is 1. The van der Waals surface area contributed by atoms with Crippen LogP contribution in [0.4, 0.5) is 13.2 Å². The van der Waals surface area contributed by atoms with Crippen LogP contribution in [0, 0.1) is 0 Å². The summed E-state index contributed by atoms with van der Waals surface area (Å²) in [6.07, 6.45) is -0.752. The number of alkyl halides is 3. The second-order valence-corrected chi connectivity index (χ2v) is 7.89. The van der Waals surface area contributed by atoms with Gasteiger partial charge in [0.15, 0.2) is 5.69 Å². The van der Waals surface area contributed by atoms with Gasteiger partial charge in [0.25, 0.3) is 0 Å². The average molecular weight is 432 g/mol. The number of rotatable bonds is 3. The van der Waals surface area contributed by atoms with Crippen molar-refractivity contribution in [3.63, 3.8) is 0 Å². The molecule has 154 valence electrons. The first-order valence-electron chi connectivity index (χ1n) is 9.17. The highest BCUT2D eigenvalue weighted by Crippen LogP contribution is 2.34. The fourth-order valence-corrected chi connectivity index (χ4v) is 4.48. The van der Waals surface area contributed by atoms with Gasteiger partial charge in [-0.2, -0.15) is 18.3 Å². The van der Waals surface area contributed by atoms with Gasteiger partial charge in [0.2, 0.25) is 5.91 Å². The quantitative estimate of drug-likeness (QED) is 0.539. The topological polar surface area (TPSA) is 79.2 Å². The summed E-state index contributed by atoms with van der Waals surface area (Å²) in [4.78, 5) is 25.8. The molecule has 0 spiro atoms. The molecular weight excluding hydrogens is 417 g/mol. The third-order valence-corrected chi connectivity index (χ3v) is 5.91. The number of H-pyrrole nitrogens is 1. The number of halogens is 3. The van der Waals surface area contributed by atoms with Crippen molar-refractivity contribution in [2.24, 2.45) is 0 Å². The monoisotopic (exact) mass is 432 g/mol. The minimum atomic E-state index is -4.52. The van der Waals surface area contributed by atoms with Crippen LogP contribution in [-0.2, 0) is 23.8 Å². The summed E-state index contributed by atoms with van der Waals surface area (Å²) in [7, 11) is 0. The number of carbonyl (C=O) groups excluding carboxylic acids is 1. The lowest BCUT2D eigenvalue weighted by Crippen LogP contribution is -2.41. The van der Waals surface area contributed by atoms with Crippen molar-refractivity contribution < 1.29 is 18.0 Å². The van der Waals surface area contributed by atoms with Gasteiger partial charge in [-0.3, -0.25) is 4.79 Å². The number of pyridine rings is 1. The first-order valence-corrected chi connectivity index (χ1v) is 10.1. The molecule has 0 aliphatic carbocycles. The van der Waals surface area contributed by atoms with E-state index >= 15 is 0 Å². The molecule has 0 fully saturated rings. The van der Waals surface area contributed by atoms with Gasteiger partial charge in [-0.25, -0.2) is 14.5 Å². The van der Waals surface area contributed by atoms with Gasteiger partial charge in [-0.05, 0) is 18.2 Å². The van der Waals surface area contributed by atoms with E-state index in [1.807, 2.05) is 30.5 Å². The van der Waals surface area contributed by atoms with Crippen molar-refractivity contribution in [2.45, 2.75) is 25.1 Å². The molecule has 30 heavy (non-hydrogen) atoms. The van der Waals surface area contributed by atoms with Crippen LogP contribution >= 0.6 is 11.3 Å².